The van der Waals surface area contributed by atoms with Gasteiger partial charge in [-0.2, -0.15) is 0 Å². The first-order chi connectivity index (χ1) is 18.6. The van der Waals surface area contributed by atoms with E-state index in [4.69, 9.17) is 16.3 Å². The quantitative estimate of drug-likeness (QED) is 0.285. The van der Waals surface area contributed by atoms with Gasteiger partial charge in [0, 0.05) is 59.0 Å². The Balaban J connectivity index is 1.24. The van der Waals surface area contributed by atoms with Crippen molar-refractivity contribution in [2.45, 2.75) is 57.4 Å². The highest BCUT2D eigenvalue weighted by molar-refractivity contribution is 6.30. The zero-order valence-electron chi connectivity index (χ0n) is 21.9. The van der Waals surface area contributed by atoms with Crippen LogP contribution >= 0.6 is 11.6 Å². The summed E-state index contributed by atoms with van der Waals surface area (Å²) in [5.41, 5.74) is 3.19. The van der Waals surface area contributed by atoms with E-state index in [1.165, 1.54) is 10.9 Å². The molecule has 1 aromatic carbocycles. The zero-order valence-corrected chi connectivity index (χ0v) is 22.7. The van der Waals surface area contributed by atoms with Gasteiger partial charge in [0.15, 0.2) is 5.65 Å². The number of pyridine rings is 2. The first-order valence-corrected chi connectivity index (χ1v) is 14.3. The molecule has 1 saturated carbocycles. The van der Waals surface area contributed by atoms with Crippen molar-refractivity contribution in [3.63, 3.8) is 0 Å². The highest BCUT2D eigenvalue weighted by Gasteiger charge is 2.40. The molecule has 198 valence electrons. The lowest BCUT2D eigenvalue weighted by molar-refractivity contribution is -0.126. The Morgan fingerprint density at radius 3 is 2.84 bits per heavy atom. The first kappa shape index (κ1) is 25.3. The fourth-order valence-electron chi connectivity index (χ4n) is 6.77. The van der Waals surface area contributed by atoms with Gasteiger partial charge in [0.1, 0.15) is 11.5 Å². The number of fused-ring (bicyclic) bond motifs is 3. The van der Waals surface area contributed by atoms with Gasteiger partial charge >= 0.3 is 0 Å². The van der Waals surface area contributed by atoms with Crippen molar-refractivity contribution in [3.05, 3.63) is 65.6 Å². The number of carbonyl (C=O) groups excluding carboxylic acids is 1. The summed E-state index contributed by atoms with van der Waals surface area (Å²) in [4.78, 5) is 28.1. The number of nitrogens with zero attached hydrogens (tertiary/aromatic N) is 3. The molecule has 1 aliphatic heterocycles. The third-order valence-electron chi connectivity index (χ3n) is 8.66. The molecular weight excluding hydrogens is 496 g/mol. The molecule has 4 heterocycles. The Bertz CT molecular complexity index is 1420. The lowest BCUT2D eigenvalue weighted by Crippen LogP contribution is -2.51. The molecule has 0 radical (unpaired) electrons. The number of piperidine rings is 1. The van der Waals surface area contributed by atoms with Crippen LogP contribution in [0.4, 0.5) is 0 Å². The van der Waals surface area contributed by atoms with E-state index in [9.17, 15) is 4.79 Å². The van der Waals surface area contributed by atoms with E-state index in [0.29, 0.717) is 30.6 Å². The van der Waals surface area contributed by atoms with Crippen LogP contribution in [0.25, 0.3) is 21.9 Å². The molecule has 1 N–H and O–H groups in total. The number of aromatic nitrogens is 3. The summed E-state index contributed by atoms with van der Waals surface area (Å²) in [7, 11) is 0. The first-order valence-electron chi connectivity index (χ1n) is 14.0. The Hall–Kier alpha value is -2.96. The Morgan fingerprint density at radius 2 is 2.00 bits per heavy atom. The molecule has 4 aromatic rings. The molecule has 2 aliphatic rings. The molecule has 4 unspecified atom stereocenters. The molecule has 2 fully saturated rings. The number of nitrogens with one attached hydrogen (secondary N) is 1. The highest BCUT2D eigenvalue weighted by Crippen LogP contribution is 2.43. The van der Waals surface area contributed by atoms with E-state index < -0.39 is 0 Å². The largest absolute Gasteiger partial charge is 0.493 e. The van der Waals surface area contributed by atoms with E-state index in [2.05, 4.69) is 32.0 Å². The molecule has 1 saturated heterocycles. The van der Waals surface area contributed by atoms with Gasteiger partial charge in [0.2, 0.25) is 0 Å². The molecule has 6 rings (SSSR count). The molecule has 0 bridgehead atoms. The summed E-state index contributed by atoms with van der Waals surface area (Å²) in [5, 5.41) is 3.05. The van der Waals surface area contributed by atoms with E-state index >= 15 is 0 Å². The van der Waals surface area contributed by atoms with Crippen LogP contribution in [0.1, 0.15) is 56.9 Å². The van der Waals surface area contributed by atoms with Gasteiger partial charge in [-0.05, 0) is 86.5 Å². The topological polar surface area (TPSA) is 71.1 Å². The maximum Gasteiger partial charge on any atom is 0.159 e. The van der Waals surface area contributed by atoms with Gasteiger partial charge in [0.05, 0.1) is 18.3 Å². The van der Waals surface area contributed by atoms with Crippen LogP contribution < -0.4 is 4.74 Å². The van der Waals surface area contributed by atoms with Gasteiger partial charge in [-0.1, -0.05) is 18.5 Å². The maximum atomic E-state index is 13.2. The molecule has 3 aromatic heterocycles. The number of hydrogen-bond acceptors (Lipinski definition) is 5. The number of aromatic amines is 1. The third-order valence-corrected chi connectivity index (χ3v) is 8.91. The number of ether oxygens (including phenoxy) is 1. The number of halogens is 1. The molecule has 1 aliphatic carbocycles. The standard InChI is InChI=1S/C31H35ClN4O2/c1-2-29(37)25-10-5-21(24-11-13-33-27-17-35-31-26(30(24)27)12-14-34-31)16-28(25)36-15-3-4-20(18-36)19-38-23-8-6-22(32)7-9-23/h6-9,11-14,17,20-21,25,28,33H,2-5,10,15-16,18-19H2,1H3. The third kappa shape index (κ3) is 5.04. The molecule has 6 nitrogen and oxygen atoms in total. The predicted octanol–water partition coefficient (Wildman–Crippen LogP) is 6.79. The van der Waals surface area contributed by atoms with Crippen LogP contribution in [0.3, 0.4) is 0 Å². The summed E-state index contributed by atoms with van der Waals surface area (Å²) < 4.78 is 6.14. The number of carbonyl (C=O) groups is 1. The van der Waals surface area contributed by atoms with Crippen molar-refractivity contribution in [1.29, 1.82) is 0 Å². The second-order valence-electron chi connectivity index (χ2n) is 10.9. The van der Waals surface area contributed by atoms with Crippen molar-refractivity contribution in [2.24, 2.45) is 11.8 Å². The number of benzene rings is 1. The molecular formula is C31H35ClN4O2. The lowest BCUT2D eigenvalue weighted by atomic mass is 9.72. The summed E-state index contributed by atoms with van der Waals surface area (Å²) in [6, 6.07) is 12.2. The van der Waals surface area contributed by atoms with Gasteiger partial charge in [0.25, 0.3) is 0 Å². The molecule has 4 atom stereocenters. The highest BCUT2D eigenvalue weighted by atomic mass is 35.5. The number of hydrogen-bond donors (Lipinski definition) is 1. The Kier molecular flexibility index (Phi) is 7.35. The van der Waals surface area contributed by atoms with Crippen molar-refractivity contribution in [2.75, 3.05) is 19.7 Å². The average molecular weight is 531 g/mol. The zero-order chi connectivity index (χ0) is 26.1. The van der Waals surface area contributed by atoms with Crippen LogP contribution in [-0.4, -0.2) is 51.4 Å². The van der Waals surface area contributed by atoms with Crippen molar-refractivity contribution >= 4 is 39.3 Å². The smallest absolute Gasteiger partial charge is 0.159 e. The van der Waals surface area contributed by atoms with E-state index in [1.54, 1.807) is 0 Å². The van der Waals surface area contributed by atoms with Crippen LogP contribution in [0, 0.1) is 11.8 Å². The second-order valence-corrected chi connectivity index (χ2v) is 11.4. The number of Topliss-reactive ketones (excluding diaryl/α,β-unsaturated/α-hetero) is 1. The number of likely N-dealkylation sites (tertiary alicyclic amines) is 1. The fraction of sp³-hybridized carbons (Fsp3) is 0.452. The van der Waals surface area contributed by atoms with Crippen molar-refractivity contribution < 1.29 is 9.53 Å². The van der Waals surface area contributed by atoms with E-state index in [1.807, 2.05) is 49.8 Å². The summed E-state index contributed by atoms with van der Waals surface area (Å²) in [5.74, 6) is 2.22. The number of ketones is 1. The SMILES string of the molecule is CCC(=O)C1CCC(c2cc[nH]c3cnc4nccc4c23)CC1N1CCCC(COc2ccc(Cl)cc2)C1. The minimum atomic E-state index is 0.107. The molecule has 7 heteroatoms. The van der Waals surface area contributed by atoms with Crippen LogP contribution in [0.5, 0.6) is 5.75 Å². The summed E-state index contributed by atoms with van der Waals surface area (Å²) in [6.07, 6.45) is 11.6. The number of H-pyrrole nitrogens is 1. The fourth-order valence-corrected chi connectivity index (χ4v) is 6.90. The molecule has 0 amide bonds. The van der Waals surface area contributed by atoms with Gasteiger partial charge in [-0.15, -0.1) is 0 Å². The van der Waals surface area contributed by atoms with Crippen LogP contribution in [0.15, 0.2) is 55.0 Å². The molecule has 0 spiro atoms. The van der Waals surface area contributed by atoms with Crippen molar-refractivity contribution in [1.82, 2.24) is 19.9 Å². The second kappa shape index (κ2) is 11.0. The molecule has 38 heavy (non-hydrogen) atoms. The Labute approximate surface area is 228 Å². The summed E-state index contributed by atoms with van der Waals surface area (Å²) in [6.45, 7) is 4.72. The monoisotopic (exact) mass is 530 g/mol. The van der Waals surface area contributed by atoms with E-state index in [-0.39, 0.29) is 12.0 Å². The maximum absolute atomic E-state index is 13.2. The summed E-state index contributed by atoms with van der Waals surface area (Å²) >= 11 is 6.03. The predicted molar refractivity (Wildman–Crippen MR) is 152 cm³/mol. The normalized spacial score (nSPS) is 24.6. The lowest BCUT2D eigenvalue weighted by Gasteiger charge is -2.45. The van der Waals surface area contributed by atoms with Crippen LogP contribution in [0.2, 0.25) is 5.02 Å². The van der Waals surface area contributed by atoms with Gasteiger partial charge in [-0.25, -0.2) is 9.97 Å². The van der Waals surface area contributed by atoms with Crippen molar-refractivity contribution in [3.8, 4) is 5.75 Å². The van der Waals surface area contributed by atoms with Crippen LogP contribution in [-0.2, 0) is 4.79 Å². The van der Waals surface area contributed by atoms with E-state index in [0.717, 1.165) is 72.5 Å². The van der Waals surface area contributed by atoms with Gasteiger partial charge < -0.3 is 9.72 Å². The van der Waals surface area contributed by atoms with Gasteiger partial charge in [-0.3, -0.25) is 9.69 Å². The average Bonchev–Trinajstić information content (AvgIpc) is 3.45. The Morgan fingerprint density at radius 1 is 1.13 bits per heavy atom. The number of rotatable bonds is 7. The minimum Gasteiger partial charge on any atom is -0.493 e. The minimum absolute atomic E-state index is 0.107.